The number of hydrogen-bond donors (Lipinski definition) is 0. The number of halogens is 2. The van der Waals surface area contributed by atoms with E-state index in [0.717, 1.165) is 61.5 Å². The summed E-state index contributed by atoms with van der Waals surface area (Å²) in [4.78, 5) is 7.10. The number of hydrazone groups is 1. The summed E-state index contributed by atoms with van der Waals surface area (Å²) >= 11 is 12.6. The van der Waals surface area contributed by atoms with E-state index in [-0.39, 0.29) is 0 Å². The Balaban J connectivity index is 0.987. The highest BCUT2D eigenvalue weighted by Crippen LogP contribution is 2.43. The van der Waals surface area contributed by atoms with E-state index in [1.54, 1.807) is 0 Å². The molecule has 0 aromatic heterocycles. The molecule has 0 spiro atoms. The monoisotopic (exact) mass is 629 g/mol. The molecule has 0 radical (unpaired) electrons. The summed E-state index contributed by atoms with van der Waals surface area (Å²) in [6.45, 7) is 15.0. The smallest absolute Gasteiger partial charge is 0.128 e. The lowest BCUT2D eigenvalue weighted by Gasteiger charge is -2.37. The van der Waals surface area contributed by atoms with Crippen molar-refractivity contribution in [3.05, 3.63) is 99.8 Å². The largest absolute Gasteiger partial charge is 0.368 e. The average molecular weight is 631 g/mol. The van der Waals surface area contributed by atoms with Gasteiger partial charge in [-0.2, -0.15) is 5.10 Å². The first-order chi connectivity index (χ1) is 21.3. The molecule has 2 unspecified atom stereocenters. The minimum Gasteiger partial charge on any atom is -0.368 e. The van der Waals surface area contributed by atoms with E-state index < -0.39 is 0 Å². The molecule has 1 saturated carbocycles. The van der Waals surface area contributed by atoms with E-state index in [9.17, 15) is 0 Å². The van der Waals surface area contributed by atoms with E-state index in [4.69, 9.17) is 23.2 Å². The second-order valence-corrected chi connectivity index (χ2v) is 13.6. The van der Waals surface area contributed by atoms with Gasteiger partial charge in [0.2, 0.25) is 0 Å². The fraction of sp³-hybridized carbons (Fsp3) is 0.432. The van der Waals surface area contributed by atoms with Gasteiger partial charge in [0, 0.05) is 53.3 Å². The van der Waals surface area contributed by atoms with Crippen LogP contribution in [0.4, 0.5) is 17.1 Å². The minimum absolute atomic E-state index is 0.339. The number of hydrogen-bond acceptors (Lipinski definition) is 5. The molecule has 6 rings (SSSR count). The highest BCUT2D eigenvalue weighted by molar-refractivity contribution is 6.35. The van der Waals surface area contributed by atoms with Crippen molar-refractivity contribution >= 4 is 46.6 Å². The predicted octanol–water partition coefficient (Wildman–Crippen LogP) is 9.48. The summed E-state index contributed by atoms with van der Waals surface area (Å²) in [7, 11) is 0. The van der Waals surface area contributed by atoms with Crippen LogP contribution in [0.5, 0.6) is 0 Å². The highest BCUT2D eigenvalue weighted by atomic mass is 35.5. The van der Waals surface area contributed by atoms with Gasteiger partial charge in [-0.1, -0.05) is 48.8 Å². The van der Waals surface area contributed by atoms with Crippen LogP contribution in [0.2, 0.25) is 10.0 Å². The molecule has 1 saturated heterocycles. The number of piperazine rings is 1. The fourth-order valence-electron chi connectivity index (χ4n) is 7.12. The molecule has 3 aromatic carbocycles. The van der Waals surface area contributed by atoms with E-state index in [2.05, 4.69) is 95.7 Å². The van der Waals surface area contributed by atoms with Gasteiger partial charge >= 0.3 is 0 Å². The third kappa shape index (κ3) is 6.60. The van der Waals surface area contributed by atoms with Crippen molar-refractivity contribution in [2.45, 2.75) is 71.3 Å². The normalized spacial score (nSPS) is 21.1. The molecule has 232 valence electrons. The zero-order valence-corrected chi connectivity index (χ0v) is 27.9. The first-order valence-electron chi connectivity index (χ1n) is 16.3. The summed E-state index contributed by atoms with van der Waals surface area (Å²) in [6.07, 6.45) is 9.03. The van der Waals surface area contributed by atoms with Gasteiger partial charge in [-0.25, -0.2) is 5.01 Å². The van der Waals surface area contributed by atoms with Crippen molar-refractivity contribution in [2.24, 2.45) is 11.0 Å². The third-order valence-corrected chi connectivity index (χ3v) is 10.6. The van der Waals surface area contributed by atoms with E-state index in [1.165, 1.54) is 53.7 Å². The molecular weight excluding hydrogens is 585 g/mol. The molecule has 3 aromatic rings. The van der Waals surface area contributed by atoms with Crippen LogP contribution in [0.25, 0.3) is 0 Å². The van der Waals surface area contributed by atoms with Crippen molar-refractivity contribution in [1.82, 2.24) is 5.01 Å². The van der Waals surface area contributed by atoms with Gasteiger partial charge in [0.15, 0.2) is 0 Å². The Morgan fingerprint density at radius 2 is 1.57 bits per heavy atom. The Bertz CT molecular complexity index is 1490. The molecule has 2 fully saturated rings. The maximum absolute atomic E-state index is 6.52. The van der Waals surface area contributed by atoms with Gasteiger partial charge in [0.25, 0.3) is 0 Å². The second-order valence-electron chi connectivity index (χ2n) is 12.8. The first-order valence-corrected chi connectivity index (χ1v) is 17.0. The van der Waals surface area contributed by atoms with Gasteiger partial charge in [-0.15, -0.1) is 0 Å². The van der Waals surface area contributed by atoms with Crippen molar-refractivity contribution < 1.29 is 0 Å². The van der Waals surface area contributed by atoms with E-state index in [1.807, 2.05) is 23.5 Å². The van der Waals surface area contributed by atoms with Crippen LogP contribution in [-0.2, 0) is 6.42 Å². The SMILES string of the molecule is C=C1N(c2ccc(N3CCN(c4ccc(CC[C@@H]5CCC(c6ccc(Cl)cc6Cl)C5)c(C)c4)CC3)cc2)C=NN1C(C)CC. The van der Waals surface area contributed by atoms with E-state index in [0.29, 0.717) is 17.0 Å². The number of rotatable bonds is 9. The molecule has 1 aliphatic carbocycles. The van der Waals surface area contributed by atoms with Crippen LogP contribution < -0.4 is 14.7 Å². The third-order valence-electron chi connectivity index (χ3n) is 10.1. The van der Waals surface area contributed by atoms with Crippen molar-refractivity contribution in [3.63, 3.8) is 0 Å². The fourth-order valence-corrected chi connectivity index (χ4v) is 7.69. The predicted molar refractivity (Wildman–Crippen MR) is 189 cm³/mol. The van der Waals surface area contributed by atoms with Gasteiger partial charge in [0.1, 0.15) is 12.2 Å². The number of nitrogens with zero attached hydrogens (tertiary/aromatic N) is 5. The Morgan fingerprint density at radius 1 is 0.886 bits per heavy atom. The number of anilines is 3. The summed E-state index contributed by atoms with van der Waals surface area (Å²) in [6, 6.07) is 22.3. The lowest BCUT2D eigenvalue weighted by Crippen LogP contribution is -2.46. The maximum atomic E-state index is 6.52. The molecule has 2 heterocycles. The quantitative estimate of drug-likeness (QED) is 0.235. The zero-order chi connectivity index (χ0) is 30.8. The molecule has 44 heavy (non-hydrogen) atoms. The van der Waals surface area contributed by atoms with Crippen LogP contribution in [0.15, 0.2) is 78.2 Å². The molecule has 3 aliphatic rings. The molecular formula is C37H45Cl2N5. The summed E-state index contributed by atoms with van der Waals surface area (Å²) < 4.78 is 0. The van der Waals surface area contributed by atoms with Crippen LogP contribution >= 0.6 is 23.2 Å². The Labute approximate surface area is 273 Å². The van der Waals surface area contributed by atoms with Crippen molar-refractivity contribution in [1.29, 1.82) is 0 Å². The van der Waals surface area contributed by atoms with Crippen LogP contribution in [0.3, 0.4) is 0 Å². The molecule has 2 aliphatic heterocycles. The lowest BCUT2D eigenvalue weighted by atomic mass is 9.92. The molecule has 0 amide bonds. The van der Waals surface area contributed by atoms with Crippen LogP contribution in [-0.4, -0.2) is 43.6 Å². The number of aryl methyl sites for hydroxylation is 2. The van der Waals surface area contributed by atoms with Gasteiger partial charge in [0.05, 0.1) is 6.04 Å². The zero-order valence-electron chi connectivity index (χ0n) is 26.4. The summed E-state index contributed by atoms with van der Waals surface area (Å²) in [5.41, 5.74) is 7.88. The standard InChI is InChI=1S/C37H45Cl2N5/c1-5-27(3)44-28(4)43(25-40-44)34-15-13-33(14-16-34)41-18-20-42(21-19-41)35-12-10-30(26(2)22-35)8-6-29-7-9-31(23-29)36-17-11-32(38)24-37(36)39/h10-17,22,24-25,27,29,31H,4-9,18-21,23H2,1-3H3/t27?,29-,31?/m1/s1. The van der Waals surface area contributed by atoms with Crippen LogP contribution in [0.1, 0.15) is 68.6 Å². The van der Waals surface area contributed by atoms with Crippen LogP contribution in [0, 0.1) is 12.8 Å². The molecule has 0 bridgehead atoms. The Hall–Kier alpha value is -3.15. The molecule has 3 atom stereocenters. The Kier molecular flexibility index (Phi) is 9.44. The second kappa shape index (κ2) is 13.5. The summed E-state index contributed by atoms with van der Waals surface area (Å²) in [5.74, 6) is 2.23. The van der Waals surface area contributed by atoms with Gasteiger partial charge in [-0.3, -0.25) is 4.90 Å². The highest BCUT2D eigenvalue weighted by Gasteiger charge is 2.28. The first kappa shape index (κ1) is 30.9. The van der Waals surface area contributed by atoms with Crippen molar-refractivity contribution in [3.8, 4) is 0 Å². The van der Waals surface area contributed by atoms with Gasteiger partial charge in [-0.05, 0) is 129 Å². The van der Waals surface area contributed by atoms with Gasteiger partial charge < -0.3 is 9.80 Å². The topological polar surface area (TPSA) is 25.3 Å². The lowest BCUT2D eigenvalue weighted by molar-refractivity contribution is 0.286. The number of benzene rings is 3. The average Bonchev–Trinajstić information content (AvgIpc) is 3.67. The minimum atomic E-state index is 0.339. The molecule has 7 heteroatoms. The molecule has 5 nitrogen and oxygen atoms in total. The Morgan fingerprint density at radius 3 is 2.25 bits per heavy atom. The van der Waals surface area contributed by atoms with E-state index >= 15 is 0 Å². The maximum Gasteiger partial charge on any atom is 0.128 e. The molecule has 0 N–H and O–H groups in total. The summed E-state index contributed by atoms with van der Waals surface area (Å²) in [5, 5.41) is 8.11. The van der Waals surface area contributed by atoms with Crippen molar-refractivity contribution in [2.75, 3.05) is 40.9 Å².